The van der Waals surface area contributed by atoms with Gasteiger partial charge in [0.15, 0.2) is 0 Å². The zero-order chi connectivity index (χ0) is 17.6. The van der Waals surface area contributed by atoms with Crippen molar-refractivity contribution in [2.75, 3.05) is 0 Å². The van der Waals surface area contributed by atoms with E-state index in [2.05, 4.69) is 0 Å². The second-order valence-electron chi connectivity index (χ2n) is 6.00. The molecule has 6 nitrogen and oxygen atoms in total. The molecule has 0 unspecified atom stereocenters. The number of benzene rings is 1. The molecule has 1 fully saturated rings. The molecule has 0 heterocycles. The average Bonchev–Trinajstić information content (AvgIpc) is 2.83. The molecule has 1 aromatic rings. The third-order valence-corrected chi connectivity index (χ3v) is 5.46. The highest BCUT2D eigenvalue weighted by Crippen LogP contribution is 2.21. The van der Waals surface area contributed by atoms with Crippen LogP contribution in [0.3, 0.4) is 0 Å². The van der Waals surface area contributed by atoms with Crippen LogP contribution in [0.4, 0.5) is 0 Å². The van der Waals surface area contributed by atoms with Gasteiger partial charge in [-0.15, -0.1) is 0 Å². The minimum atomic E-state index is -3.97. The number of nitrogens with zero attached hydrogens (tertiary/aromatic N) is 1. The van der Waals surface area contributed by atoms with E-state index < -0.39 is 22.0 Å². The second kappa shape index (κ2) is 8.27. The smallest absolute Gasteiger partial charge is 0.264 e. The lowest BCUT2D eigenvalue weighted by Crippen LogP contribution is -2.40. The van der Waals surface area contributed by atoms with Crippen molar-refractivity contribution in [2.45, 2.75) is 62.6 Å². The van der Waals surface area contributed by atoms with Crippen molar-refractivity contribution in [3.63, 3.8) is 0 Å². The van der Waals surface area contributed by atoms with Gasteiger partial charge < -0.3 is 4.74 Å². The quantitative estimate of drug-likeness (QED) is 0.823. The second-order valence-corrected chi connectivity index (χ2v) is 7.68. The molecule has 1 aliphatic carbocycles. The number of hydrogen-bond acceptors (Lipinski definition) is 5. The Morgan fingerprint density at radius 1 is 1.21 bits per heavy atom. The topological polar surface area (TPSA) is 96.3 Å². The number of amides is 1. The Morgan fingerprint density at radius 3 is 2.33 bits per heavy atom. The van der Waals surface area contributed by atoms with Gasteiger partial charge in [-0.2, -0.15) is 5.26 Å². The molecule has 0 aromatic heterocycles. The van der Waals surface area contributed by atoms with E-state index in [0.717, 1.165) is 25.7 Å². The van der Waals surface area contributed by atoms with Crippen LogP contribution in [0.25, 0.3) is 0 Å². The lowest BCUT2D eigenvalue weighted by molar-refractivity contribution is -0.133. The number of rotatable bonds is 5. The molecule has 1 amide bonds. The maximum atomic E-state index is 12.2. The first-order valence-corrected chi connectivity index (χ1v) is 9.63. The molecule has 24 heavy (non-hydrogen) atoms. The molecule has 2 rings (SSSR count). The van der Waals surface area contributed by atoms with Gasteiger partial charge in [0.25, 0.3) is 15.9 Å². The van der Waals surface area contributed by atoms with Crippen LogP contribution in [-0.4, -0.2) is 26.5 Å². The van der Waals surface area contributed by atoms with Gasteiger partial charge in [0, 0.05) is 0 Å². The maximum Gasteiger partial charge on any atom is 0.264 e. The Labute approximate surface area is 142 Å². The predicted molar refractivity (Wildman–Crippen MR) is 88.5 cm³/mol. The number of carbonyl (C=O) groups excluding carboxylic acids is 1. The van der Waals surface area contributed by atoms with Crippen LogP contribution in [-0.2, 0) is 19.6 Å². The highest BCUT2D eigenvalue weighted by molar-refractivity contribution is 7.90. The molecule has 130 valence electrons. The summed E-state index contributed by atoms with van der Waals surface area (Å²) in [5.74, 6) is -0.677. The van der Waals surface area contributed by atoms with E-state index >= 15 is 0 Å². The number of sulfonamides is 1. The van der Waals surface area contributed by atoms with Gasteiger partial charge in [-0.3, -0.25) is 4.79 Å². The number of ether oxygens (including phenoxy) is 1. The molecule has 1 aliphatic rings. The third kappa shape index (κ3) is 5.05. The molecular weight excluding hydrogens is 328 g/mol. The summed E-state index contributed by atoms with van der Waals surface area (Å²) in [6.45, 7) is 1.56. The van der Waals surface area contributed by atoms with Crippen molar-refractivity contribution in [3.8, 4) is 6.07 Å². The summed E-state index contributed by atoms with van der Waals surface area (Å²) >= 11 is 0. The van der Waals surface area contributed by atoms with Crippen LogP contribution in [0, 0.1) is 11.3 Å². The molecule has 7 heteroatoms. The highest BCUT2D eigenvalue weighted by Gasteiger charge is 2.25. The van der Waals surface area contributed by atoms with E-state index in [-0.39, 0.29) is 11.0 Å². The zero-order valence-electron chi connectivity index (χ0n) is 13.7. The van der Waals surface area contributed by atoms with E-state index in [1.54, 1.807) is 6.92 Å². The Balaban J connectivity index is 1.97. The Morgan fingerprint density at radius 2 is 1.79 bits per heavy atom. The Bertz CT molecular complexity index is 699. The Hall–Kier alpha value is -1.91. The fraction of sp³-hybridized carbons (Fsp3) is 0.529. The van der Waals surface area contributed by atoms with Crippen molar-refractivity contribution >= 4 is 15.9 Å². The molecule has 0 spiro atoms. The van der Waals surface area contributed by atoms with Gasteiger partial charge in [0.2, 0.25) is 0 Å². The van der Waals surface area contributed by atoms with E-state index in [1.165, 1.54) is 37.1 Å². The van der Waals surface area contributed by atoms with Crippen LogP contribution in [0.1, 0.15) is 51.0 Å². The van der Waals surface area contributed by atoms with Crippen LogP contribution < -0.4 is 4.72 Å². The van der Waals surface area contributed by atoms with Gasteiger partial charge in [0.1, 0.15) is 6.10 Å². The SMILES string of the molecule is C[C@@H](OC1CCCCCC1)C(=O)NS(=O)(=O)c1ccc(C#N)cc1. The van der Waals surface area contributed by atoms with Crippen LogP contribution in [0.5, 0.6) is 0 Å². The van der Waals surface area contributed by atoms with Crippen molar-refractivity contribution in [2.24, 2.45) is 0 Å². The first kappa shape index (κ1) is 18.4. The van der Waals surface area contributed by atoms with E-state index in [0.29, 0.717) is 5.56 Å². The summed E-state index contributed by atoms with van der Waals surface area (Å²) in [6, 6.07) is 7.29. The average molecular weight is 350 g/mol. The van der Waals surface area contributed by atoms with Crippen molar-refractivity contribution in [3.05, 3.63) is 29.8 Å². The maximum absolute atomic E-state index is 12.2. The lowest BCUT2D eigenvalue weighted by atomic mass is 10.1. The van der Waals surface area contributed by atoms with Gasteiger partial charge in [-0.1, -0.05) is 25.7 Å². The minimum Gasteiger partial charge on any atom is -0.365 e. The van der Waals surface area contributed by atoms with Gasteiger partial charge in [-0.05, 0) is 44.0 Å². The van der Waals surface area contributed by atoms with Crippen molar-refractivity contribution in [1.29, 1.82) is 5.26 Å². The van der Waals surface area contributed by atoms with E-state index in [4.69, 9.17) is 10.00 Å². The fourth-order valence-corrected chi connectivity index (χ4v) is 3.75. The van der Waals surface area contributed by atoms with Crippen molar-refractivity contribution in [1.82, 2.24) is 4.72 Å². The summed E-state index contributed by atoms with van der Waals surface area (Å²) in [5, 5.41) is 8.74. The van der Waals surface area contributed by atoms with Gasteiger partial charge in [0.05, 0.1) is 22.6 Å². The summed E-state index contributed by atoms with van der Waals surface area (Å²) in [5.41, 5.74) is 0.352. The summed E-state index contributed by atoms with van der Waals surface area (Å²) in [4.78, 5) is 12.1. The van der Waals surface area contributed by atoms with Gasteiger partial charge >= 0.3 is 0 Å². The fourth-order valence-electron chi connectivity index (χ4n) is 2.71. The number of carbonyl (C=O) groups is 1. The molecule has 0 saturated heterocycles. The van der Waals surface area contributed by atoms with Crippen LogP contribution in [0.2, 0.25) is 0 Å². The molecule has 0 aliphatic heterocycles. The number of nitriles is 1. The molecule has 1 aromatic carbocycles. The largest absolute Gasteiger partial charge is 0.365 e. The molecule has 0 radical (unpaired) electrons. The first-order valence-electron chi connectivity index (χ1n) is 8.14. The molecule has 1 N–H and O–H groups in total. The standard InChI is InChI=1S/C17H22N2O4S/c1-13(23-15-6-4-2-3-5-7-15)17(20)19-24(21,22)16-10-8-14(12-18)9-11-16/h8-11,13,15H,2-7H2,1H3,(H,19,20)/t13-/m1/s1. The van der Waals surface area contributed by atoms with Crippen molar-refractivity contribution < 1.29 is 17.9 Å². The van der Waals surface area contributed by atoms with Crippen LogP contribution >= 0.6 is 0 Å². The number of hydrogen-bond donors (Lipinski definition) is 1. The zero-order valence-corrected chi connectivity index (χ0v) is 14.5. The molecule has 1 atom stereocenters. The summed E-state index contributed by atoms with van der Waals surface area (Å²) in [6.07, 6.45) is 5.47. The third-order valence-electron chi connectivity index (χ3n) is 4.10. The molecule has 0 bridgehead atoms. The van der Waals surface area contributed by atoms with E-state index in [1.807, 2.05) is 10.8 Å². The molecular formula is C17H22N2O4S. The normalized spacial score (nSPS) is 17.5. The first-order chi connectivity index (χ1) is 11.4. The minimum absolute atomic E-state index is 0.00543. The van der Waals surface area contributed by atoms with E-state index in [9.17, 15) is 13.2 Å². The highest BCUT2D eigenvalue weighted by atomic mass is 32.2. The summed E-state index contributed by atoms with van der Waals surface area (Å²) < 4.78 is 32.2. The number of nitrogens with one attached hydrogen (secondary N) is 1. The Kier molecular flexibility index (Phi) is 6.35. The lowest BCUT2D eigenvalue weighted by Gasteiger charge is -2.20. The van der Waals surface area contributed by atoms with Crippen LogP contribution in [0.15, 0.2) is 29.2 Å². The predicted octanol–water partition coefficient (Wildman–Crippen LogP) is 2.49. The van der Waals surface area contributed by atoms with Gasteiger partial charge in [-0.25, -0.2) is 13.1 Å². The monoisotopic (exact) mass is 350 g/mol. The molecule has 1 saturated carbocycles. The summed E-state index contributed by atoms with van der Waals surface area (Å²) in [7, 11) is -3.97.